The summed E-state index contributed by atoms with van der Waals surface area (Å²) >= 11 is 0. The second kappa shape index (κ2) is 4.41. The standard InChI is InChI=1S/C18H21N/c1-4-13-12-18(3,5-2)19-17-15-9-7-6-8-14(15)10-11-16(13)17/h6-12,19H,4-5H2,1-3H3. The third-order valence-electron chi connectivity index (χ3n) is 4.29. The number of rotatable bonds is 2. The number of nitrogens with one attached hydrogen (secondary N) is 1. The summed E-state index contributed by atoms with van der Waals surface area (Å²) < 4.78 is 0. The van der Waals surface area contributed by atoms with Gasteiger partial charge in [0.1, 0.15) is 0 Å². The lowest BCUT2D eigenvalue weighted by molar-refractivity contribution is 0.608. The molecule has 1 nitrogen and oxygen atoms in total. The molecule has 0 aliphatic carbocycles. The summed E-state index contributed by atoms with van der Waals surface area (Å²) in [6.45, 7) is 6.77. The molecule has 0 amide bonds. The highest BCUT2D eigenvalue weighted by Gasteiger charge is 2.27. The molecule has 1 unspecified atom stereocenters. The fourth-order valence-corrected chi connectivity index (χ4v) is 2.94. The zero-order valence-electron chi connectivity index (χ0n) is 12.0. The highest BCUT2D eigenvalue weighted by molar-refractivity contribution is 6.01. The van der Waals surface area contributed by atoms with Crippen LogP contribution in [0.3, 0.4) is 0 Å². The van der Waals surface area contributed by atoms with Gasteiger partial charge in [-0.3, -0.25) is 0 Å². The van der Waals surface area contributed by atoms with Gasteiger partial charge in [-0.05, 0) is 30.7 Å². The number of hydrogen-bond acceptors (Lipinski definition) is 1. The van der Waals surface area contributed by atoms with Crippen molar-refractivity contribution in [2.75, 3.05) is 5.32 Å². The van der Waals surface area contributed by atoms with E-state index in [1.807, 2.05) is 0 Å². The Morgan fingerprint density at radius 1 is 1.05 bits per heavy atom. The Balaban J connectivity index is 2.29. The highest BCUT2D eigenvalue weighted by Crippen LogP contribution is 2.40. The van der Waals surface area contributed by atoms with Crippen molar-refractivity contribution in [3.05, 3.63) is 48.0 Å². The Bertz CT molecular complexity index is 654. The summed E-state index contributed by atoms with van der Waals surface area (Å²) in [5, 5.41) is 6.40. The fraction of sp³-hybridized carbons (Fsp3) is 0.333. The van der Waals surface area contributed by atoms with Crippen LogP contribution in [0, 0.1) is 0 Å². The van der Waals surface area contributed by atoms with Gasteiger partial charge in [0, 0.05) is 10.9 Å². The van der Waals surface area contributed by atoms with E-state index < -0.39 is 0 Å². The molecule has 0 radical (unpaired) electrons. The first kappa shape index (κ1) is 12.3. The van der Waals surface area contributed by atoms with Crippen LogP contribution in [-0.4, -0.2) is 5.54 Å². The molecule has 0 bridgehead atoms. The Kier molecular flexibility index (Phi) is 2.85. The first-order valence-electron chi connectivity index (χ1n) is 7.19. The third-order valence-corrected chi connectivity index (χ3v) is 4.29. The molecular weight excluding hydrogens is 230 g/mol. The fourth-order valence-electron chi connectivity index (χ4n) is 2.94. The first-order valence-corrected chi connectivity index (χ1v) is 7.19. The Hall–Kier alpha value is -1.76. The van der Waals surface area contributed by atoms with Gasteiger partial charge in [0.25, 0.3) is 0 Å². The molecule has 0 saturated heterocycles. The molecule has 98 valence electrons. The Morgan fingerprint density at radius 3 is 2.58 bits per heavy atom. The minimum Gasteiger partial charge on any atom is -0.375 e. The Morgan fingerprint density at radius 2 is 1.84 bits per heavy atom. The summed E-state index contributed by atoms with van der Waals surface area (Å²) in [7, 11) is 0. The van der Waals surface area contributed by atoms with Crippen molar-refractivity contribution >= 4 is 22.0 Å². The predicted molar refractivity (Wildman–Crippen MR) is 84.5 cm³/mol. The lowest BCUT2D eigenvalue weighted by Crippen LogP contribution is -2.34. The summed E-state index contributed by atoms with van der Waals surface area (Å²) in [5.74, 6) is 0. The van der Waals surface area contributed by atoms with Crippen LogP contribution in [0.15, 0.2) is 42.5 Å². The number of allylic oxidation sites excluding steroid dienone is 1. The van der Waals surface area contributed by atoms with E-state index in [4.69, 9.17) is 0 Å². The van der Waals surface area contributed by atoms with Crippen molar-refractivity contribution in [2.24, 2.45) is 0 Å². The molecule has 1 aliphatic rings. The van der Waals surface area contributed by atoms with Crippen molar-refractivity contribution in [3.8, 4) is 0 Å². The molecule has 2 aromatic rings. The third kappa shape index (κ3) is 1.94. The topological polar surface area (TPSA) is 12.0 Å². The molecule has 1 N–H and O–H groups in total. The van der Waals surface area contributed by atoms with Crippen LogP contribution in [0.4, 0.5) is 5.69 Å². The average molecular weight is 251 g/mol. The largest absolute Gasteiger partial charge is 0.375 e. The van der Waals surface area contributed by atoms with Crippen molar-refractivity contribution in [1.29, 1.82) is 0 Å². The van der Waals surface area contributed by atoms with Crippen molar-refractivity contribution in [2.45, 2.75) is 39.2 Å². The van der Waals surface area contributed by atoms with Crippen LogP contribution in [-0.2, 0) is 0 Å². The molecule has 3 rings (SSSR count). The maximum absolute atomic E-state index is 3.75. The zero-order chi connectivity index (χ0) is 13.5. The number of hydrogen-bond donors (Lipinski definition) is 1. The molecule has 19 heavy (non-hydrogen) atoms. The van der Waals surface area contributed by atoms with E-state index in [0.717, 1.165) is 12.8 Å². The molecular formula is C18H21N. The lowest BCUT2D eigenvalue weighted by atomic mass is 9.85. The summed E-state index contributed by atoms with van der Waals surface area (Å²) in [4.78, 5) is 0. The van der Waals surface area contributed by atoms with Gasteiger partial charge >= 0.3 is 0 Å². The van der Waals surface area contributed by atoms with Crippen molar-refractivity contribution in [3.63, 3.8) is 0 Å². The van der Waals surface area contributed by atoms with Gasteiger partial charge in [-0.25, -0.2) is 0 Å². The average Bonchev–Trinajstić information content (AvgIpc) is 2.46. The normalized spacial score (nSPS) is 21.7. The van der Waals surface area contributed by atoms with Gasteiger partial charge in [-0.15, -0.1) is 0 Å². The summed E-state index contributed by atoms with van der Waals surface area (Å²) in [6.07, 6.45) is 4.59. The van der Waals surface area contributed by atoms with Gasteiger partial charge < -0.3 is 5.32 Å². The maximum Gasteiger partial charge on any atom is 0.0531 e. The van der Waals surface area contributed by atoms with Gasteiger partial charge in [0.15, 0.2) is 0 Å². The van der Waals surface area contributed by atoms with Crippen LogP contribution in [0.25, 0.3) is 16.3 Å². The van der Waals surface area contributed by atoms with Gasteiger partial charge in [-0.2, -0.15) is 0 Å². The van der Waals surface area contributed by atoms with Crippen molar-refractivity contribution < 1.29 is 0 Å². The number of fused-ring (bicyclic) bond motifs is 3. The molecule has 0 spiro atoms. The van der Waals surface area contributed by atoms with Crippen LogP contribution in [0.5, 0.6) is 0 Å². The molecule has 0 fully saturated rings. The van der Waals surface area contributed by atoms with Crippen LogP contribution in [0.2, 0.25) is 0 Å². The van der Waals surface area contributed by atoms with Gasteiger partial charge in [-0.1, -0.05) is 56.3 Å². The van der Waals surface area contributed by atoms with E-state index in [0.29, 0.717) is 0 Å². The van der Waals surface area contributed by atoms with Crippen molar-refractivity contribution in [1.82, 2.24) is 0 Å². The van der Waals surface area contributed by atoms with E-state index in [1.54, 1.807) is 0 Å². The second-order valence-electron chi connectivity index (χ2n) is 5.63. The van der Waals surface area contributed by atoms with E-state index in [9.17, 15) is 0 Å². The minimum absolute atomic E-state index is 0.0719. The monoisotopic (exact) mass is 251 g/mol. The molecule has 1 heterocycles. The maximum atomic E-state index is 3.75. The van der Waals surface area contributed by atoms with Gasteiger partial charge in [0.05, 0.1) is 11.2 Å². The van der Waals surface area contributed by atoms with E-state index in [2.05, 4.69) is 68.6 Å². The molecule has 2 aromatic carbocycles. The highest BCUT2D eigenvalue weighted by atomic mass is 15.0. The molecule has 0 saturated carbocycles. The minimum atomic E-state index is 0.0719. The molecule has 0 aromatic heterocycles. The van der Waals surface area contributed by atoms with Crippen LogP contribution in [0.1, 0.15) is 39.2 Å². The van der Waals surface area contributed by atoms with E-state index >= 15 is 0 Å². The SMILES string of the molecule is CCC1=CC(C)(CC)Nc2c1ccc1ccccc21. The van der Waals surface area contributed by atoms with E-state index in [1.165, 1.54) is 27.6 Å². The van der Waals surface area contributed by atoms with Gasteiger partial charge in [0.2, 0.25) is 0 Å². The summed E-state index contributed by atoms with van der Waals surface area (Å²) in [6, 6.07) is 13.1. The smallest absolute Gasteiger partial charge is 0.0531 e. The number of benzene rings is 2. The summed E-state index contributed by atoms with van der Waals surface area (Å²) in [5.41, 5.74) is 4.21. The van der Waals surface area contributed by atoms with Crippen LogP contribution >= 0.6 is 0 Å². The number of anilines is 1. The molecule has 1 heteroatoms. The first-order chi connectivity index (χ1) is 9.17. The van der Waals surface area contributed by atoms with Crippen LogP contribution < -0.4 is 5.32 Å². The quantitative estimate of drug-likeness (QED) is 0.770. The molecule has 1 aliphatic heterocycles. The zero-order valence-corrected chi connectivity index (χ0v) is 12.0. The lowest BCUT2D eigenvalue weighted by Gasteiger charge is -2.35. The second-order valence-corrected chi connectivity index (χ2v) is 5.63. The van der Waals surface area contributed by atoms with E-state index in [-0.39, 0.29) is 5.54 Å². The predicted octanol–water partition coefficient (Wildman–Crippen LogP) is 5.23. The molecule has 1 atom stereocenters. The Labute approximate surface area is 115 Å².